The maximum absolute atomic E-state index is 12.5. The van der Waals surface area contributed by atoms with E-state index in [1.807, 2.05) is 38.0 Å². The van der Waals surface area contributed by atoms with Gasteiger partial charge >= 0.3 is 6.03 Å². The molecule has 0 saturated heterocycles. The molecular formula is C24H37N3O2S. The Kier molecular flexibility index (Phi) is 9.79. The van der Waals surface area contributed by atoms with Crippen molar-refractivity contribution in [1.29, 1.82) is 0 Å². The molecule has 30 heavy (non-hydrogen) atoms. The molecule has 166 valence electrons. The molecule has 2 rings (SSSR count). The molecule has 4 atom stereocenters. The summed E-state index contributed by atoms with van der Waals surface area (Å²) in [4.78, 5) is 14.6. The summed E-state index contributed by atoms with van der Waals surface area (Å²) in [5, 5.41) is 18.5. The summed E-state index contributed by atoms with van der Waals surface area (Å²) < 4.78 is 0. The molecule has 0 aromatic heterocycles. The molecule has 1 aliphatic rings. The van der Waals surface area contributed by atoms with Crippen molar-refractivity contribution in [3.05, 3.63) is 53.0 Å². The first kappa shape index (κ1) is 24.4. The quantitative estimate of drug-likeness (QED) is 0.476. The van der Waals surface area contributed by atoms with Crippen LogP contribution in [0.5, 0.6) is 5.75 Å². The van der Waals surface area contributed by atoms with Gasteiger partial charge in [0.2, 0.25) is 0 Å². The van der Waals surface area contributed by atoms with Crippen molar-refractivity contribution in [2.75, 3.05) is 20.6 Å². The highest BCUT2D eigenvalue weighted by Crippen LogP contribution is 2.40. The Morgan fingerprint density at radius 2 is 1.97 bits per heavy atom. The van der Waals surface area contributed by atoms with E-state index < -0.39 is 0 Å². The normalized spacial score (nSPS) is 20.9. The standard InChI is InChI=1S/C24H37N3O2S/c1-6-8-22-19(16-30-23(22)7-2)13-17(3)26-24(29)25-15-20(27(4)5)14-18-9-11-21(28)12-10-18/h6,8-12,16-17,20,22-23,28H,7,13-15H2,1-5H3,(H2,25,26,29)/b8-6-. The van der Waals surface area contributed by atoms with Gasteiger partial charge in [-0.05, 0) is 70.3 Å². The van der Waals surface area contributed by atoms with Gasteiger partial charge in [0.1, 0.15) is 5.75 Å². The summed E-state index contributed by atoms with van der Waals surface area (Å²) in [6.07, 6.45) is 7.24. The van der Waals surface area contributed by atoms with E-state index in [9.17, 15) is 9.90 Å². The van der Waals surface area contributed by atoms with Gasteiger partial charge in [-0.15, -0.1) is 11.8 Å². The number of phenols is 1. The van der Waals surface area contributed by atoms with Crippen molar-refractivity contribution in [2.24, 2.45) is 5.92 Å². The van der Waals surface area contributed by atoms with E-state index in [4.69, 9.17) is 0 Å². The van der Waals surface area contributed by atoms with Gasteiger partial charge in [0.05, 0.1) is 0 Å². The first-order valence-electron chi connectivity index (χ1n) is 10.8. The average Bonchev–Trinajstić information content (AvgIpc) is 3.08. The Morgan fingerprint density at radius 1 is 1.27 bits per heavy atom. The van der Waals surface area contributed by atoms with Crippen LogP contribution >= 0.6 is 11.8 Å². The third-order valence-electron chi connectivity index (χ3n) is 5.58. The van der Waals surface area contributed by atoms with Crippen LogP contribution in [0.15, 0.2) is 47.4 Å². The molecule has 5 nitrogen and oxygen atoms in total. The molecule has 1 aromatic rings. The number of rotatable bonds is 10. The van der Waals surface area contributed by atoms with Crippen molar-refractivity contribution in [3.8, 4) is 5.75 Å². The highest BCUT2D eigenvalue weighted by Gasteiger charge is 2.28. The molecule has 0 aliphatic carbocycles. The fourth-order valence-corrected chi connectivity index (χ4v) is 5.03. The number of thioether (sulfide) groups is 1. The highest BCUT2D eigenvalue weighted by molar-refractivity contribution is 8.03. The van der Waals surface area contributed by atoms with E-state index in [0.29, 0.717) is 17.7 Å². The van der Waals surface area contributed by atoms with Gasteiger partial charge < -0.3 is 20.6 Å². The van der Waals surface area contributed by atoms with E-state index in [0.717, 1.165) is 24.8 Å². The lowest BCUT2D eigenvalue weighted by Crippen LogP contribution is -2.47. The Bertz CT molecular complexity index is 730. The zero-order chi connectivity index (χ0) is 22.1. The van der Waals surface area contributed by atoms with Crippen molar-refractivity contribution in [3.63, 3.8) is 0 Å². The minimum atomic E-state index is -0.124. The molecule has 6 heteroatoms. The summed E-state index contributed by atoms with van der Waals surface area (Å²) in [5.74, 6) is 0.741. The van der Waals surface area contributed by atoms with Gasteiger partial charge in [0.25, 0.3) is 0 Å². The number of allylic oxidation sites excluding steroid dienone is 2. The number of urea groups is 1. The lowest BCUT2D eigenvalue weighted by molar-refractivity contribution is 0.229. The Labute approximate surface area is 186 Å². The van der Waals surface area contributed by atoms with Crippen LogP contribution in [0.1, 0.15) is 39.2 Å². The highest BCUT2D eigenvalue weighted by atomic mass is 32.2. The number of likely N-dealkylation sites (N-methyl/N-ethyl adjacent to an activating group) is 1. The fraction of sp³-hybridized carbons (Fsp3) is 0.542. The number of phenolic OH excluding ortho intramolecular Hbond substituents is 1. The van der Waals surface area contributed by atoms with Crippen LogP contribution in [0.2, 0.25) is 0 Å². The second-order valence-corrected chi connectivity index (χ2v) is 9.39. The van der Waals surface area contributed by atoms with E-state index in [2.05, 4.69) is 53.9 Å². The van der Waals surface area contributed by atoms with E-state index in [1.54, 1.807) is 12.1 Å². The zero-order valence-electron chi connectivity index (χ0n) is 18.9. The summed E-state index contributed by atoms with van der Waals surface area (Å²) >= 11 is 1.92. The lowest BCUT2D eigenvalue weighted by atomic mass is 9.90. The molecule has 0 spiro atoms. The van der Waals surface area contributed by atoms with Gasteiger partial charge in [-0.3, -0.25) is 0 Å². The Morgan fingerprint density at radius 3 is 2.57 bits per heavy atom. The van der Waals surface area contributed by atoms with Gasteiger partial charge in [0, 0.05) is 29.8 Å². The number of amides is 2. The summed E-state index contributed by atoms with van der Waals surface area (Å²) in [5.41, 5.74) is 2.55. The van der Waals surface area contributed by atoms with Gasteiger partial charge in [0.15, 0.2) is 0 Å². The number of hydrogen-bond acceptors (Lipinski definition) is 4. The maximum atomic E-state index is 12.5. The SMILES string of the molecule is C/C=C\C1C(CC(C)NC(=O)NCC(Cc2ccc(O)cc2)N(C)C)=CSC1CC. The van der Waals surface area contributed by atoms with Gasteiger partial charge in [-0.1, -0.05) is 36.8 Å². The molecule has 0 saturated carbocycles. The van der Waals surface area contributed by atoms with Crippen molar-refractivity contribution in [1.82, 2.24) is 15.5 Å². The number of nitrogens with zero attached hydrogens (tertiary/aromatic N) is 1. The lowest BCUT2D eigenvalue weighted by Gasteiger charge is -2.26. The topological polar surface area (TPSA) is 64.6 Å². The fourth-order valence-electron chi connectivity index (χ4n) is 3.80. The van der Waals surface area contributed by atoms with Crippen LogP contribution < -0.4 is 10.6 Å². The Hall–Kier alpha value is -1.92. The molecule has 0 bridgehead atoms. The molecule has 2 amide bonds. The number of benzene rings is 1. The van der Waals surface area contributed by atoms with Gasteiger partial charge in [-0.2, -0.15) is 0 Å². The molecule has 1 aromatic carbocycles. The second-order valence-electron chi connectivity index (χ2n) is 8.27. The van der Waals surface area contributed by atoms with Crippen LogP contribution in [-0.4, -0.2) is 54.0 Å². The largest absolute Gasteiger partial charge is 0.508 e. The number of nitrogens with one attached hydrogen (secondary N) is 2. The zero-order valence-corrected chi connectivity index (χ0v) is 19.7. The summed E-state index contributed by atoms with van der Waals surface area (Å²) in [6.45, 7) is 6.93. The minimum Gasteiger partial charge on any atom is -0.508 e. The molecule has 4 unspecified atom stereocenters. The molecule has 0 radical (unpaired) electrons. The first-order chi connectivity index (χ1) is 14.3. The molecular weight excluding hydrogens is 394 g/mol. The van der Waals surface area contributed by atoms with Crippen LogP contribution in [0, 0.1) is 5.92 Å². The Balaban J connectivity index is 1.82. The predicted octanol–water partition coefficient (Wildman–Crippen LogP) is 4.54. The third-order valence-corrected chi connectivity index (χ3v) is 7.00. The molecule has 1 aliphatic heterocycles. The smallest absolute Gasteiger partial charge is 0.315 e. The van der Waals surface area contributed by atoms with Gasteiger partial charge in [-0.25, -0.2) is 4.79 Å². The van der Waals surface area contributed by atoms with E-state index >= 15 is 0 Å². The molecule has 0 fully saturated rings. The molecule has 3 N–H and O–H groups in total. The van der Waals surface area contributed by atoms with Crippen LogP contribution in [-0.2, 0) is 6.42 Å². The first-order valence-corrected chi connectivity index (χ1v) is 11.7. The predicted molar refractivity (Wildman–Crippen MR) is 128 cm³/mol. The molecule has 1 heterocycles. The number of carbonyl (C=O) groups excluding carboxylic acids is 1. The van der Waals surface area contributed by atoms with Crippen molar-refractivity contribution >= 4 is 17.8 Å². The van der Waals surface area contributed by atoms with E-state index in [-0.39, 0.29) is 23.9 Å². The maximum Gasteiger partial charge on any atom is 0.315 e. The van der Waals surface area contributed by atoms with Crippen molar-refractivity contribution < 1.29 is 9.90 Å². The number of carbonyl (C=O) groups is 1. The number of aromatic hydroxyl groups is 1. The number of hydrogen-bond donors (Lipinski definition) is 3. The second kappa shape index (κ2) is 12.1. The average molecular weight is 432 g/mol. The van der Waals surface area contributed by atoms with Crippen LogP contribution in [0.3, 0.4) is 0 Å². The van der Waals surface area contributed by atoms with Crippen LogP contribution in [0.25, 0.3) is 0 Å². The summed E-state index contributed by atoms with van der Waals surface area (Å²) in [6, 6.07) is 7.37. The van der Waals surface area contributed by atoms with Crippen molar-refractivity contribution in [2.45, 2.75) is 57.4 Å². The van der Waals surface area contributed by atoms with E-state index in [1.165, 1.54) is 5.57 Å². The van der Waals surface area contributed by atoms with Crippen LogP contribution in [0.4, 0.5) is 4.79 Å². The third kappa shape index (κ3) is 7.40. The minimum absolute atomic E-state index is 0.0788. The summed E-state index contributed by atoms with van der Waals surface area (Å²) in [7, 11) is 4.03. The monoisotopic (exact) mass is 431 g/mol.